The second-order valence-corrected chi connectivity index (χ2v) is 5.86. The minimum Gasteiger partial charge on any atom is -0.358 e. The van der Waals surface area contributed by atoms with E-state index < -0.39 is 0 Å². The quantitative estimate of drug-likeness (QED) is 0.781. The molecule has 0 spiro atoms. The molecule has 1 rings (SSSR count). The molecule has 2 N–H and O–H groups in total. The Kier molecular flexibility index (Phi) is 4.27. The molecule has 1 aromatic heterocycles. The van der Waals surface area contributed by atoms with Crippen LogP contribution in [-0.4, -0.2) is 15.6 Å². The third kappa shape index (κ3) is 4.45. The van der Waals surface area contributed by atoms with Crippen LogP contribution in [0.15, 0.2) is 16.6 Å². The second kappa shape index (κ2) is 5.10. The Morgan fingerprint density at radius 3 is 2.50 bits per heavy atom. The molecule has 88 valence electrons. The molecule has 0 radical (unpaired) electrons. The Hall–Kier alpha value is -0.680. The maximum Gasteiger partial charge on any atom is 0.172 e. The molecule has 0 saturated heterocycles. The number of anilines is 1. The Balaban J connectivity index is 2.67. The van der Waals surface area contributed by atoms with E-state index in [0.29, 0.717) is 5.11 Å². The molecule has 0 aromatic carbocycles. The fraction of sp³-hybridized carbons (Fsp3) is 0.455. The van der Waals surface area contributed by atoms with Gasteiger partial charge in [-0.1, -0.05) is 0 Å². The molecule has 0 bridgehead atoms. The molecule has 0 aliphatic carbocycles. The zero-order chi connectivity index (χ0) is 12.3. The van der Waals surface area contributed by atoms with Crippen LogP contribution in [0.3, 0.4) is 0 Å². The number of nitrogens with one attached hydrogen (secondary N) is 2. The van der Waals surface area contributed by atoms with E-state index in [2.05, 4.69) is 52.3 Å². The lowest BCUT2D eigenvalue weighted by Gasteiger charge is -2.22. The lowest BCUT2D eigenvalue weighted by Crippen LogP contribution is -2.43. The van der Waals surface area contributed by atoms with E-state index >= 15 is 0 Å². The number of rotatable bonds is 1. The standard InChI is InChI=1S/C11H16BrN3S/c1-7-8(12)5-6-9(13-7)14-10(16)15-11(2,3)4/h5-6H,1-4H3,(H2,13,14,15,16). The molecule has 16 heavy (non-hydrogen) atoms. The maximum atomic E-state index is 5.19. The van der Waals surface area contributed by atoms with Crippen LogP contribution >= 0.6 is 28.1 Å². The van der Waals surface area contributed by atoms with Gasteiger partial charge in [0.25, 0.3) is 0 Å². The fourth-order valence-corrected chi connectivity index (χ4v) is 1.73. The van der Waals surface area contributed by atoms with Crippen molar-refractivity contribution in [2.45, 2.75) is 33.2 Å². The highest BCUT2D eigenvalue weighted by molar-refractivity contribution is 9.10. The zero-order valence-electron chi connectivity index (χ0n) is 9.89. The van der Waals surface area contributed by atoms with Gasteiger partial charge in [0.1, 0.15) is 5.82 Å². The molecule has 1 heterocycles. The van der Waals surface area contributed by atoms with Gasteiger partial charge in [-0.05, 0) is 68.0 Å². The van der Waals surface area contributed by atoms with Gasteiger partial charge in [-0.25, -0.2) is 4.98 Å². The van der Waals surface area contributed by atoms with Gasteiger partial charge in [0.2, 0.25) is 0 Å². The Morgan fingerprint density at radius 2 is 2.00 bits per heavy atom. The topological polar surface area (TPSA) is 37.0 Å². The van der Waals surface area contributed by atoms with Crippen molar-refractivity contribution in [1.29, 1.82) is 0 Å². The predicted molar refractivity (Wildman–Crippen MR) is 75.8 cm³/mol. The summed E-state index contributed by atoms with van der Waals surface area (Å²) < 4.78 is 0.993. The highest BCUT2D eigenvalue weighted by Crippen LogP contribution is 2.16. The summed E-state index contributed by atoms with van der Waals surface area (Å²) >= 11 is 8.59. The van der Waals surface area contributed by atoms with Gasteiger partial charge in [-0.3, -0.25) is 0 Å². The van der Waals surface area contributed by atoms with Crippen molar-refractivity contribution in [2.24, 2.45) is 0 Å². The van der Waals surface area contributed by atoms with Crippen molar-refractivity contribution in [3.05, 3.63) is 22.3 Å². The summed E-state index contributed by atoms with van der Waals surface area (Å²) in [5.74, 6) is 0.752. The van der Waals surface area contributed by atoms with Gasteiger partial charge in [0, 0.05) is 10.0 Å². The minimum absolute atomic E-state index is 0.0471. The molecule has 0 atom stereocenters. The van der Waals surface area contributed by atoms with Crippen LogP contribution in [0.2, 0.25) is 0 Å². The normalized spacial score (nSPS) is 11.1. The summed E-state index contributed by atoms with van der Waals surface area (Å²) in [7, 11) is 0. The second-order valence-electron chi connectivity index (χ2n) is 4.59. The van der Waals surface area contributed by atoms with E-state index in [-0.39, 0.29) is 5.54 Å². The van der Waals surface area contributed by atoms with E-state index in [4.69, 9.17) is 12.2 Å². The summed E-state index contributed by atoms with van der Waals surface area (Å²) in [4.78, 5) is 4.36. The highest BCUT2D eigenvalue weighted by atomic mass is 79.9. The first-order valence-corrected chi connectivity index (χ1v) is 6.20. The van der Waals surface area contributed by atoms with Crippen molar-refractivity contribution in [3.63, 3.8) is 0 Å². The molecule has 0 aliphatic rings. The predicted octanol–water partition coefficient (Wildman–Crippen LogP) is 3.24. The SMILES string of the molecule is Cc1nc(NC(=S)NC(C)(C)C)ccc1Br. The van der Waals surface area contributed by atoms with E-state index in [9.17, 15) is 0 Å². The number of aryl methyl sites for hydroxylation is 1. The van der Waals surface area contributed by atoms with E-state index in [0.717, 1.165) is 16.0 Å². The van der Waals surface area contributed by atoms with Crippen molar-refractivity contribution >= 4 is 39.1 Å². The monoisotopic (exact) mass is 301 g/mol. The zero-order valence-corrected chi connectivity index (χ0v) is 12.3. The van der Waals surface area contributed by atoms with Gasteiger partial charge < -0.3 is 10.6 Å². The summed E-state index contributed by atoms with van der Waals surface area (Å²) in [6.45, 7) is 8.11. The molecule has 0 fully saturated rings. The lowest BCUT2D eigenvalue weighted by atomic mass is 10.1. The molecule has 0 amide bonds. The van der Waals surface area contributed by atoms with Crippen LogP contribution in [-0.2, 0) is 0 Å². The van der Waals surface area contributed by atoms with Crippen LogP contribution in [0.5, 0.6) is 0 Å². The number of nitrogens with zero attached hydrogens (tertiary/aromatic N) is 1. The van der Waals surface area contributed by atoms with Crippen molar-refractivity contribution in [1.82, 2.24) is 10.3 Å². The summed E-state index contributed by atoms with van der Waals surface area (Å²) in [5, 5.41) is 6.81. The molecule has 0 unspecified atom stereocenters. The van der Waals surface area contributed by atoms with E-state index in [1.54, 1.807) is 0 Å². The highest BCUT2D eigenvalue weighted by Gasteiger charge is 2.11. The molecule has 0 saturated carbocycles. The summed E-state index contributed by atoms with van der Waals surface area (Å²) in [6.07, 6.45) is 0. The first-order chi connectivity index (χ1) is 7.28. The third-order valence-electron chi connectivity index (χ3n) is 1.75. The Morgan fingerprint density at radius 1 is 1.38 bits per heavy atom. The van der Waals surface area contributed by atoms with Gasteiger partial charge in [-0.15, -0.1) is 0 Å². The molecule has 5 heteroatoms. The van der Waals surface area contributed by atoms with Crippen LogP contribution in [0.1, 0.15) is 26.5 Å². The van der Waals surface area contributed by atoms with Gasteiger partial charge in [0.05, 0.1) is 5.69 Å². The van der Waals surface area contributed by atoms with E-state index in [1.165, 1.54) is 0 Å². The average molecular weight is 302 g/mol. The molecule has 1 aromatic rings. The maximum absolute atomic E-state index is 5.19. The van der Waals surface area contributed by atoms with E-state index in [1.807, 2.05) is 19.1 Å². The Labute approximate surface area is 110 Å². The van der Waals surface area contributed by atoms with Crippen molar-refractivity contribution in [3.8, 4) is 0 Å². The van der Waals surface area contributed by atoms with Crippen molar-refractivity contribution < 1.29 is 0 Å². The molecule has 3 nitrogen and oxygen atoms in total. The molecular weight excluding hydrogens is 286 g/mol. The number of thiocarbonyl (C=S) groups is 1. The molecular formula is C11H16BrN3S. The fourth-order valence-electron chi connectivity index (χ4n) is 1.10. The van der Waals surface area contributed by atoms with Crippen LogP contribution in [0.4, 0.5) is 5.82 Å². The van der Waals surface area contributed by atoms with Crippen LogP contribution < -0.4 is 10.6 Å². The van der Waals surface area contributed by atoms with Crippen LogP contribution in [0.25, 0.3) is 0 Å². The lowest BCUT2D eigenvalue weighted by molar-refractivity contribution is 0.515. The largest absolute Gasteiger partial charge is 0.358 e. The Bertz CT molecular complexity index is 399. The number of aromatic nitrogens is 1. The number of hydrogen-bond donors (Lipinski definition) is 2. The van der Waals surface area contributed by atoms with Gasteiger partial charge >= 0.3 is 0 Å². The van der Waals surface area contributed by atoms with Crippen LogP contribution in [0, 0.1) is 6.92 Å². The number of hydrogen-bond acceptors (Lipinski definition) is 2. The van der Waals surface area contributed by atoms with Gasteiger partial charge in [-0.2, -0.15) is 0 Å². The summed E-state index contributed by atoms with van der Waals surface area (Å²) in [6, 6.07) is 3.83. The third-order valence-corrected chi connectivity index (χ3v) is 2.79. The first kappa shape index (κ1) is 13.4. The average Bonchev–Trinajstić information content (AvgIpc) is 2.08. The smallest absolute Gasteiger partial charge is 0.172 e. The minimum atomic E-state index is -0.0471. The number of pyridine rings is 1. The van der Waals surface area contributed by atoms with Crippen molar-refractivity contribution in [2.75, 3.05) is 5.32 Å². The van der Waals surface area contributed by atoms with Gasteiger partial charge in [0.15, 0.2) is 5.11 Å². The summed E-state index contributed by atoms with van der Waals surface area (Å²) in [5.41, 5.74) is 0.887. The number of halogens is 1. The first-order valence-electron chi connectivity index (χ1n) is 5.00. The molecule has 0 aliphatic heterocycles.